The topological polar surface area (TPSA) is 86.8 Å². The lowest BCUT2D eigenvalue weighted by Gasteiger charge is -2.42. The van der Waals surface area contributed by atoms with Crippen molar-refractivity contribution in [1.82, 2.24) is 15.0 Å². The molecular formula is C22H21B3ClF2N3O4. The first-order valence-corrected chi connectivity index (χ1v) is 11.4. The standard InChI is InChI=1S/C22H21B3ClF2N3O4/c23-21(24)8-16(18(33)31(25)20(21)35)30-10-12-7-11(1-6-15(12)17(30)32)9-29-19(34)22(27,28)13-2-4-14(26)5-3-13/h1-7,16H,8-10,23-25H2,(H,29,34). The van der Waals surface area contributed by atoms with Crippen LogP contribution in [0.3, 0.4) is 0 Å². The Hall–Kier alpha value is -3.14. The van der Waals surface area contributed by atoms with Crippen LogP contribution < -0.4 is 5.32 Å². The van der Waals surface area contributed by atoms with Gasteiger partial charge in [0, 0.05) is 29.2 Å². The van der Waals surface area contributed by atoms with Crippen molar-refractivity contribution in [3.05, 3.63) is 69.7 Å². The number of halogens is 3. The predicted molar refractivity (Wildman–Crippen MR) is 132 cm³/mol. The van der Waals surface area contributed by atoms with Crippen LogP contribution in [0.15, 0.2) is 42.5 Å². The van der Waals surface area contributed by atoms with Crippen LogP contribution in [0.1, 0.15) is 33.5 Å². The number of amides is 4. The monoisotopic (exact) mass is 497 g/mol. The van der Waals surface area contributed by atoms with Gasteiger partial charge in [-0.1, -0.05) is 35.9 Å². The van der Waals surface area contributed by atoms with E-state index in [2.05, 4.69) is 5.32 Å². The zero-order valence-electron chi connectivity index (χ0n) is 19.4. The molecule has 13 heteroatoms. The van der Waals surface area contributed by atoms with Gasteiger partial charge in [0.05, 0.1) is 0 Å². The average Bonchev–Trinajstić information content (AvgIpc) is 3.14. The maximum absolute atomic E-state index is 14.5. The van der Waals surface area contributed by atoms with Crippen molar-refractivity contribution in [1.29, 1.82) is 0 Å². The molecule has 1 unspecified atom stereocenters. The number of fused-ring (bicyclic) bond motifs is 1. The highest BCUT2D eigenvalue weighted by Crippen LogP contribution is 2.37. The molecule has 1 saturated heterocycles. The molecule has 2 aliphatic heterocycles. The summed E-state index contributed by atoms with van der Waals surface area (Å²) in [6.07, 6.45) is 0.206. The van der Waals surface area contributed by atoms with Gasteiger partial charge in [-0.3, -0.25) is 19.2 Å². The summed E-state index contributed by atoms with van der Waals surface area (Å²) < 4.78 is 29.0. The molecule has 1 N–H and O–H groups in total. The van der Waals surface area contributed by atoms with Crippen molar-refractivity contribution >= 4 is 58.9 Å². The molecule has 2 aromatic carbocycles. The fourth-order valence-corrected chi connectivity index (χ4v) is 4.65. The van der Waals surface area contributed by atoms with E-state index in [1.807, 2.05) is 0 Å². The van der Waals surface area contributed by atoms with E-state index in [0.717, 1.165) is 16.9 Å². The normalized spacial score (nSPS) is 19.6. The Bertz CT molecular complexity index is 1240. The second-order valence-electron chi connectivity index (χ2n) is 9.49. The number of carbonyl (C=O) groups is 4. The number of imide groups is 1. The zero-order chi connectivity index (χ0) is 25.7. The van der Waals surface area contributed by atoms with E-state index in [9.17, 15) is 28.0 Å². The quantitative estimate of drug-likeness (QED) is 0.457. The van der Waals surface area contributed by atoms with Gasteiger partial charge in [0.2, 0.25) is 19.8 Å². The molecule has 0 aromatic heterocycles. The molecule has 0 saturated carbocycles. The highest BCUT2D eigenvalue weighted by molar-refractivity contribution is 6.54. The number of rotatable bonds is 5. The van der Waals surface area contributed by atoms with E-state index >= 15 is 0 Å². The third-order valence-electron chi connectivity index (χ3n) is 6.53. The molecular weight excluding hydrogens is 476 g/mol. The minimum absolute atomic E-state index is 0.144. The summed E-state index contributed by atoms with van der Waals surface area (Å²) in [6.45, 7) is -0.0263. The number of nitrogens with zero attached hydrogens (tertiary/aromatic N) is 2. The Kier molecular flexibility index (Phi) is 6.29. The van der Waals surface area contributed by atoms with Crippen molar-refractivity contribution < 1.29 is 28.0 Å². The molecule has 7 nitrogen and oxygen atoms in total. The molecule has 1 atom stereocenters. The van der Waals surface area contributed by atoms with Crippen LogP contribution in [0.25, 0.3) is 0 Å². The van der Waals surface area contributed by atoms with Gasteiger partial charge in [-0.05, 0) is 41.0 Å². The molecule has 2 heterocycles. The maximum atomic E-state index is 14.5. The lowest BCUT2D eigenvalue weighted by Crippen LogP contribution is -2.59. The lowest BCUT2D eigenvalue weighted by atomic mass is 9.49. The molecule has 35 heavy (non-hydrogen) atoms. The first-order chi connectivity index (χ1) is 16.3. The van der Waals surface area contributed by atoms with Crippen LogP contribution in [0.5, 0.6) is 0 Å². The molecule has 178 valence electrons. The van der Waals surface area contributed by atoms with Crippen LogP contribution in [0.4, 0.5) is 8.78 Å². The lowest BCUT2D eigenvalue weighted by molar-refractivity contribution is -0.147. The van der Waals surface area contributed by atoms with Crippen LogP contribution in [-0.2, 0) is 33.4 Å². The third-order valence-corrected chi connectivity index (χ3v) is 6.78. The number of piperidine rings is 1. The molecule has 2 aromatic rings. The molecule has 0 bridgehead atoms. The number of nitrogens with one attached hydrogen (secondary N) is 1. The van der Waals surface area contributed by atoms with Crippen LogP contribution in [0, 0.1) is 0 Å². The Labute approximate surface area is 208 Å². The van der Waals surface area contributed by atoms with Crippen molar-refractivity contribution in [2.45, 2.75) is 36.7 Å². The SMILES string of the molecule is BN1C(=O)C(N2Cc3cc(CNC(=O)C(F)(F)c4ccc(Cl)cc4)ccc3C2=O)CC(B)(B)C1=O. The largest absolute Gasteiger partial charge is 0.349 e. The van der Waals surface area contributed by atoms with Gasteiger partial charge in [0.25, 0.3) is 11.8 Å². The molecule has 0 spiro atoms. The smallest absolute Gasteiger partial charge is 0.346 e. The van der Waals surface area contributed by atoms with Gasteiger partial charge in [-0.25, -0.2) is 0 Å². The molecule has 4 rings (SSSR count). The van der Waals surface area contributed by atoms with Crippen molar-refractivity contribution in [2.24, 2.45) is 0 Å². The second kappa shape index (κ2) is 8.82. The van der Waals surface area contributed by atoms with Crippen molar-refractivity contribution in [3.8, 4) is 0 Å². The van der Waals surface area contributed by atoms with Crippen LogP contribution >= 0.6 is 11.6 Å². The summed E-state index contributed by atoms with van der Waals surface area (Å²) in [5.41, 5.74) is 1.08. The van der Waals surface area contributed by atoms with E-state index in [1.165, 1.54) is 25.0 Å². The van der Waals surface area contributed by atoms with Gasteiger partial charge >= 0.3 is 5.92 Å². The number of benzene rings is 2. The van der Waals surface area contributed by atoms with Gasteiger partial charge < -0.3 is 15.0 Å². The molecule has 4 amide bonds. The van der Waals surface area contributed by atoms with E-state index in [4.69, 9.17) is 11.6 Å². The number of hydrogen-bond acceptors (Lipinski definition) is 4. The summed E-state index contributed by atoms with van der Waals surface area (Å²) >= 11 is 5.73. The maximum Gasteiger partial charge on any atom is 0.349 e. The van der Waals surface area contributed by atoms with Crippen LogP contribution in [0.2, 0.25) is 10.2 Å². The minimum Gasteiger partial charge on any atom is -0.346 e. The first kappa shape index (κ1) is 25.0. The highest BCUT2D eigenvalue weighted by Gasteiger charge is 2.48. The van der Waals surface area contributed by atoms with Crippen molar-refractivity contribution in [2.75, 3.05) is 0 Å². The van der Waals surface area contributed by atoms with Gasteiger partial charge in [0.15, 0.2) is 0 Å². The predicted octanol–water partition coefficient (Wildman–Crippen LogP) is -0.238. The Morgan fingerprint density at radius 1 is 1.14 bits per heavy atom. The van der Waals surface area contributed by atoms with E-state index in [-0.39, 0.29) is 36.3 Å². The fraction of sp³-hybridized carbons (Fsp3) is 0.273. The van der Waals surface area contributed by atoms with E-state index in [1.54, 1.807) is 33.9 Å². The van der Waals surface area contributed by atoms with Crippen LogP contribution in [-0.4, -0.2) is 63.1 Å². The zero-order valence-corrected chi connectivity index (χ0v) is 20.2. The third kappa shape index (κ3) is 4.47. The summed E-state index contributed by atoms with van der Waals surface area (Å²) in [7, 11) is 4.88. The fourth-order valence-electron chi connectivity index (χ4n) is 4.52. The summed E-state index contributed by atoms with van der Waals surface area (Å²) in [5, 5.41) is 1.72. The van der Waals surface area contributed by atoms with Gasteiger partial charge in [-0.15, -0.1) is 0 Å². The first-order valence-electron chi connectivity index (χ1n) is 11.0. The summed E-state index contributed by atoms with van der Waals surface area (Å²) in [5.74, 6) is -6.27. The molecule has 0 radical (unpaired) electrons. The number of hydrogen-bond donors (Lipinski definition) is 1. The summed E-state index contributed by atoms with van der Waals surface area (Å²) in [6, 6.07) is 8.76. The number of carbonyl (C=O) groups excluding carboxylic acids is 4. The Morgan fingerprint density at radius 2 is 1.80 bits per heavy atom. The van der Waals surface area contributed by atoms with E-state index < -0.39 is 34.6 Å². The number of alkyl halides is 2. The molecule has 0 aliphatic carbocycles. The second-order valence-corrected chi connectivity index (χ2v) is 9.93. The summed E-state index contributed by atoms with van der Waals surface area (Å²) in [4.78, 5) is 52.9. The highest BCUT2D eigenvalue weighted by atomic mass is 35.5. The molecule has 1 fully saturated rings. The minimum atomic E-state index is -3.74. The van der Waals surface area contributed by atoms with Gasteiger partial charge in [-0.2, -0.15) is 8.78 Å². The Balaban J connectivity index is 1.47. The average molecular weight is 497 g/mol. The van der Waals surface area contributed by atoms with Gasteiger partial charge in [0.1, 0.15) is 21.7 Å². The Morgan fingerprint density at radius 3 is 2.46 bits per heavy atom. The van der Waals surface area contributed by atoms with Crippen molar-refractivity contribution in [3.63, 3.8) is 0 Å². The van der Waals surface area contributed by atoms with E-state index in [0.29, 0.717) is 16.7 Å². The molecule has 2 aliphatic rings.